The Bertz CT molecular complexity index is 448. The van der Waals surface area contributed by atoms with Crippen LogP contribution in [0.2, 0.25) is 0 Å². The zero-order valence-corrected chi connectivity index (χ0v) is 8.78. The van der Waals surface area contributed by atoms with Crippen LogP contribution in [0, 0.1) is 0 Å². The molecule has 90 valence electrons. The number of carbonyl (C=O) groups is 1. The molecular weight excluding hydrogens is 228 g/mol. The standard InChI is InChI=1S/C9H10N4O4/c14-1-5(2-15)17-3-6-12-7-8(13-6)10-4-11-9(7)16/h4-5,14-15H,1-3H2. The minimum Gasteiger partial charge on any atom is -0.394 e. The minimum absolute atomic E-state index is 0.0123. The van der Waals surface area contributed by atoms with Crippen molar-refractivity contribution in [3.05, 3.63) is 0 Å². The Balaban J connectivity index is 1.99. The predicted molar refractivity (Wildman–Crippen MR) is 59.7 cm³/mol. The van der Waals surface area contributed by atoms with Crippen molar-refractivity contribution in [3.63, 3.8) is 0 Å². The van der Waals surface area contributed by atoms with Gasteiger partial charge in [-0.2, -0.15) is 4.99 Å². The molecule has 0 aromatic rings. The highest BCUT2D eigenvalue weighted by atomic mass is 16.5. The summed E-state index contributed by atoms with van der Waals surface area (Å²) in [5.74, 6) is -0.00716. The van der Waals surface area contributed by atoms with E-state index in [9.17, 15) is 4.79 Å². The summed E-state index contributed by atoms with van der Waals surface area (Å²) in [5.41, 5.74) is 0.0932. The number of nitrogens with zero attached hydrogens (tertiary/aromatic N) is 4. The van der Waals surface area contributed by atoms with Gasteiger partial charge in [0.1, 0.15) is 19.0 Å². The van der Waals surface area contributed by atoms with Gasteiger partial charge in [-0.05, 0) is 0 Å². The van der Waals surface area contributed by atoms with Crippen LogP contribution in [0.25, 0.3) is 0 Å². The number of hydrogen-bond acceptors (Lipinski definition) is 7. The van der Waals surface area contributed by atoms with Crippen LogP contribution in [0.3, 0.4) is 0 Å². The van der Waals surface area contributed by atoms with E-state index in [1.165, 1.54) is 0 Å². The topological polar surface area (TPSA) is 116 Å². The molecule has 0 saturated heterocycles. The third-order valence-corrected chi connectivity index (χ3v) is 2.10. The first-order valence-electron chi connectivity index (χ1n) is 4.89. The second-order valence-electron chi connectivity index (χ2n) is 3.29. The van der Waals surface area contributed by atoms with E-state index in [-0.39, 0.29) is 37.2 Å². The maximum Gasteiger partial charge on any atom is 0.301 e. The Hall–Kier alpha value is -1.77. The summed E-state index contributed by atoms with van der Waals surface area (Å²) < 4.78 is 5.12. The van der Waals surface area contributed by atoms with Crippen molar-refractivity contribution in [1.82, 2.24) is 0 Å². The van der Waals surface area contributed by atoms with Crippen molar-refractivity contribution in [2.24, 2.45) is 20.0 Å². The third-order valence-electron chi connectivity index (χ3n) is 2.10. The fraction of sp³-hybridized carbons (Fsp3) is 0.444. The molecular formula is C9H10N4O4. The smallest absolute Gasteiger partial charge is 0.301 e. The number of ether oxygens (including phenoxy) is 1. The van der Waals surface area contributed by atoms with Crippen molar-refractivity contribution in [3.8, 4) is 0 Å². The molecule has 0 bridgehead atoms. The highest BCUT2D eigenvalue weighted by Crippen LogP contribution is 2.06. The van der Waals surface area contributed by atoms with Gasteiger partial charge in [0.15, 0.2) is 17.4 Å². The quantitative estimate of drug-likeness (QED) is 0.586. The normalized spacial score (nSPS) is 18.1. The molecule has 0 unspecified atom stereocenters. The molecule has 0 saturated carbocycles. The fourth-order valence-corrected chi connectivity index (χ4v) is 1.23. The first-order valence-corrected chi connectivity index (χ1v) is 4.89. The number of rotatable bonds is 5. The monoisotopic (exact) mass is 238 g/mol. The van der Waals surface area contributed by atoms with Gasteiger partial charge in [0, 0.05) is 0 Å². The average molecular weight is 238 g/mol. The molecule has 0 aromatic carbocycles. The second-order valence-corrected chi connectivity index (χ2v) is 3.29. The summed E-state index contributed by atoms with van der Waals surface area (Å²) in [6.07, 6.45) is 0.434. The summed E-state index contributed by atoms with van der Waals surface area (Å²) in [5, 5.41) is 17.6. The van der Waals surface area contributed by atoms with Crippen LogP contribution in [0.5, 0.6) is 0 Å². The van der Waals surface area contributed by atoms with E-state index in [0.717, 1.165) is 6.34 Å². The Morgan fingerprint density at radius 1 is 1.29 bits per heavy atom. The van der Waals surface area contributed by atoms with Gasteiger partial charge >= 0.3 is 5.91 Å². The number of aliphatic imine (C=N–C) groups is 4. The maximum absolute atomic E-state index is 11.3. The SMILES string of the molecule is O=C1N=CN=C2N=C(COC(CO)CO)N=C12. The molecule has 2 rings (SSSR count). The minimum atomic E-state index is -0.686. The summed E-state index contributed by atoms with van der Waals surface area (Å²) in [7, 11) is 0. The van der Waals surface area contributed by atoms with E-state index < -0.39 is 12.0 Å². The maximum atomic E-state index is 11.3. The molecule has 0 fully saturated rings. The largest absolute Gasteiger partial charge is 0.394 e. The van der Waals surface area contributed by atoms with E-state index >= 15 is 0 Å². The van der Waals surface area contributed by atoms with Gasteiger partial charge in [0.25, 0.3) is 0 Å². The highest BCUT2D eigenvalue weighted by Gasteiger charge is 2.26. The molecule has 0 atom stereocenters. The van der Waals surface area contributed by atoms with Gasteiger partial charge in [0.05, 0.1) is 13.2 Å². The molecule has 2 aliphatic rings. The van der Waals surface area contributed by atoms with Gasteiger partial charge in [-0.3, -0.25) is 4.79 Å². The number of fused-ring (bicyclic) bond motifs is 1. The van der Waals surface area contributed by atoms with Crippen LogP contribution in [0.1, 0.15) is 0 Å². The van der Waals surface area contributed by atoms with Crippen LogP contribution < -0.4 is 0 Å². The predicted octanol–water partition coefficient (Wildman–Crippen LogP) is -1.82. The molecule has 2 heterocycles. The van der Waals surface area contributed by atoms with Crippen LogP contribution >= 0.6 is 0 Å². The molecule has 0 radical (unpaired) electrons. The van der Waals surface area contributed by atoms with Gasteiger partial charge in [0.2, 0.25) is 0 Å². The van der Waals surface area contributed by atoms with Crippen molar-refractivity contribution in [2.75, 3.05) is 19.8 Å². The Labute approximate surface area is 96.1 Å². The van der Waals surface area contributed by atoms with Crippen molar-refractivity contribution in [1.29, 1.82) is 0 Å². The molecule has 0 spiro atoms. The zero-order valence-electron chi connectivity index (χ0n) is 8.78. The zero-order chi connectivity index (χ0) is 12.3. The van der Waals surface area contributed by atoms with E-state index in [1.807, 2.05) is 0 Å². The number of hydrogen-bond donors (Lipinski definition) is 2. The molecule has 1 amide bonds. The second kappa shape index (κ2) is 5.04. The molecule has 17 heavy (non-hydrogen) atoms. The van der Waals surface area contributed by atoms with Crippen LogP contribution in [0.4, 0.5) is 0 Å². The fourth-order valence-electron chi connectivity index (χ4n) is 1.23. The summed E-state index contributed by atoms with van der Waals surface area (Å²) >= 11 is 0. The van der Waals surface area contributed by atoms with Gasteiger partial charge in [-0.15, -0.1) is 0 Å². The molecule has 0 aromatic heterocycles. The molecule has 2 aliphatic heterocycles. The van der Waals surface area contributed by atoms with Gasteiger partial charge in [-0.25, -0.2) is 15.0 Å². The Morgan fingerprint density at radius 3 is 2.71 bits per heavy atom. The van der Waals surface area contributed by atoms with Crippen molar-refractivity contribution < 1.29 is 19.7 Å². The van der Waals surface area contributed by atoms with E-state index in [0.29, 0.717) is 0 Å². The van der Waals surface area contributed by atoms with E-state index in [4.69, 9.17) is 14.9 Å². The molecule has 8 nitrogen and oxygen atoms in total. The molecule has 8 heteroatoms. The van der Waals surface area contributed by atoms with Crippen LogP contribution in [-0.4, -0.2) is 65.8 Å². The molecule has 2 N–H and O–H groups in total. The van der Waals surface area contributed by atoms with Crippen molar-refractivity contribution >= 4 is 29.6 Å². The van der Waals surface area contributed by atoms with Gasteiger partial charge in [-0.1, -0.05) is 0 Å². The Morgan fingerprint density at radius 2 is 2.06 bits per heavy atom. The lowest BCUT2D eigenvalue weighted by Crippen LogP contribution is -2.24. The first-order chi connectivity index (χ1) is 8.24. The van der Waals surface area contributed by atoms with Crippen molar-refractivity contribution in [2.45, 2.75) is 6.10 Å². The number of aliphatic hydroxyl groups excluding tert-OH is 2. The van der Waals surface area contributed by atoms with E-state index in [1.54, 1.807) is 0 Å². The lowest BCUT2D eigenvalue weighted by atomic mass is 10.3. The van der Waals surface area contributed by atoms with Crippen LogP contribution in [0.15, 0.2) is 20.0 Å². The average Bonchev–Trinajstić information content (AvgIpc) is 2.75. The Kier molecular flexibility index (Phi) is 3.47. The summed E-state index contributed by atoms with van der Waals surface area (Å²) in [4.78, 5) is 26.4. The first kappa shape index (κ1) is 11.7. The number of aliphatic hydroxyl groups is 2. The number of carbonyl (C=O) groups excluding carboxylic acids is 1. The highest BCUT2D eigenvalue weighted by molar-refractivity contribution is 6.71. The third kappa shape index (κ3) is 2.49. The summed E-state index contributed by atoms with van der Waals surface area (Å²) in [6, 6.07) is 0. The van der Waals surface area contributed by atoms with Gasteiger partial charge < -0.3 is 14.9 Å². The lowest BCUT2D eigenvalue weighted by Gasteiger charge is -2.10. The van der Waals surface area contributed by atoms with E-state index in [2.05, 4.69) is 20.0 Å². The lowest BCUT2D eigenvalue weighted by molar-refractivity contribution is -0.111. The van der Waals surface area contributed by atoms with Crippen LogP contribution in [-0.2, 0) is 9.53 Å². The number of amides is 1. The summed E-state index contributed by atoms with van der Waals surface area (Å²) in [6.45, 7) is -0.617. The molecule has 0 aliphatic carbocycles. The number of amidine groups is 2.